The lowest BCUT2D eigenvalue weighted by Gasteiger charge is -2.22. The molecule has 0 aliphatic carbocycles. The minimum absolute atomic E-state index is 0.153. The SMILES string of the molecule is COc1ccc(C(=O)N(C)CC(O)c2ccc(OC)c(OC)c2)cc1. The van der Waals surface area contributed by atoms with Crippen molar-refractivity contribution in [3.8, 4) is 17.2 Å². The maximum atomic E-state index is 12.5. The van der Waals surface area contributed by atoms with Gasteiger partial charge in [0.15, 0.2) is 11.5 Å². The number of methoxy groups -OCH3 is 3. The van der Waals surface area contributed by atoms with Crippen molar-refractivity contribution in [2.45, 2.75) is 6.10 Å². The number of aliphatic hydroxyl groups is 1. The number of rotatable bonds is 7. The molecule has 2 aromatic carbocycles. The van der Waals surface area contributed by atoms with E-state index in [4.69, 9.17) is 14.2 Å². The molecular weight excluding hydrogens is 322 g/mol. The lowest BCUT2D eigenvalue weighted by Crippen LogP contribution is -2.31. The highest BCUT2D eigenvalue weighted by Crippen LogP contribution is 2.30. The zero-order chi connectivity index (χ0) is 18.4. The number of hydrogen-bond donors (Lipinski definition) is 1. The van der Waals surface area contributed by atoms with Crippen molar-refractivity contribution in [1.29, 1.82) is 0 Å². The van der Waals surface area contributed by atoms with Gasteiger partial charge in [-0.2, -0.15) is 0 Å². The normalized spacial score (nSPS) is 11.6. The summed E-state index contributed by atoms with van der Waals surface area (Å²) in [4.78, 5) is 13.9. The molecule has 0 aliphatic rings. The molecule has 134 valence electrons. The van der Waals surface area contributed by atoms with E-state index >= 15 is 0 Å². The summed E-state index contributed by atoms with van der Waals surface area (Å²) in [7, 11) is 6.31. The Hall–Kier alpha value is -2.73. The smallest absolute Gasteiger partial charge is 0.253 e. The molecule has 1 N–H and O–H groups in total. The van der Waals surface area contributed by atoms with Gasteiger partial charge >= 0.3 is 0 Å². The molecule has 0 aromatic heterocycles. The average molecular weight is 345 g/mol. The molecule has 0 fully saturated rings. The van der Waals surface area contributed by atoms with Gasteiger partial charge in [0.2, 0.25) is 0 Å². The predicted molar refractivity (Wildman–Crippen MR) is 94.5 cm³/mol. The van der Waals surface area contributed by atoms with Gasteiger partial charge in [0.1, 0.15) is 5.75 Å². The van der Waals surface area contributed by atoms with Crippen LogP contribution in [0.2, 0.25) is 0 Å². The van der Waals surface area contributed by atoms with E-state index in [-0.39, 0.29) is 12.5 Å². The second-order valence-electron chi connectivity index (χ2n) is 5.54. The predicted octanol–water partition coefficient (Wildman–Crippen LogP) is 2.52. The Balaban J connectivity index is 2.08. The van der Waals surface area contributed by atoms with Crippen LogP contribution in [0.3, 0.4) is 0 Å². The van der Waals surface area contributed by atoms with Crippen molar-refractivity contribution in [3.63, 3.8) is 0 Å². The van der Waals surface area contributed by atoms with Gasteiger partial charge in [0.25, 0.3) is 5.91 Å². The summed E-state index contributed by atoms with van der Waals surface area (Å²) in [6.45, 7) is 0.153. The van der Waals surface area contributed by atoms with Crippen LogP contribution in [-0.4, -0.2) is 50.8 Å². The molecule has 1 atom stereocenters. The van der Waals surface area contributed by atoms with Crippen LogP contribution in [0.5, 0.6) is 17.2 Å². The van der Waals surface area contributed by atoms with Crippen LogP contribution >= 0.6 is 0 Å². The first-order chi connectivity index (χ1) is 12.0. The van der Waals surface area contributed by atoms with Gasteiger partial charge in [-0.25, -0.2) is 0 Å². The summed E-state index contributed by atoms with van der Waals surface area (Å²) in [5.41, 5.74) is 1.18. The monoisotopic (exact) mass is 345 g/mol. The number of carbonyl (C=O) groups excluding carboxylic acids is 1. The van der Waals surface area contributed by atoms with E-state index in [9.17, 15) is 9.90 Å². The van der Waals surface area contributed by atoms with Crippen LogP contribution in [-0.2, 0) is 0 Å². The second kappa shape index (κ2) is 8.39. The van der Waals surface area contributed by atoms with Crippen LogP contribution in [0.1, 0.15) is 22.0 Å². The Morgan fingerprint density at radius 1 is 1.00 bits per heavy atom. The van der Waals surface area contributed by atoms with Crippen LogP contribution in [0.15, 0.2) is 42.5 Å². The largest absolute Gasteiger partial charge is 0.497 e. The van der Waals surface area contributed by atoms with Crippen LogP contribution in [0.4, 0.5) is 0 Å². The summed E-state index contributed by atoms with van der Waals surface area (Å²) in [5, 5.41) is 10.4. The number of hydrogen-bond acceptors (Lipinski definition) is 5. The maximum Gasteiger partial charge on any atom is 0.253 e. The lowest BCUT2D eigenvalue weighted by molar-refractivity contribution is 0.0680. The van der Waals surface area contributed by atoms with Crippen molar-refractivity contribution in [2.75, 3.05) is 34.9 Å². The molecular formula is C19H23NO5. The average Bonchev–Trinajstić information content (AvgIpc) is 2.66. The number of aliphatic hydroxyl groups excluding tert-OH is 1. The molecule has 1 amide bonds. The third-order valence-corrected chi connectivity index (χ3v) is 3.92. The van der Waals surface area contributed by atoms with Gasteiger partial charge < -0.3 is 24.2 Å². The van der Waals surface area contributed by atoms with E-state index < -0.39 is 6.10 Å². The zero-order valence-electron chi connectivity index (χ0n) is 14.9. The van der Waals surface area contributed by atoms with Gasteiger partial charge in [-0.15, -0.1) is 0 Å². The molecule has 6 nitrogen and oxygen atoms in total. The van der Waals surface area contributed by atoms with E-state index in [2.05, 4.69) is 0 Å². The van der Waals surface area contributed by atoms with Gasteiger partial charge in [0.05, 0.1) is 34.0 Å². The molecule has 0 heterocycles. The summed E-state index contributed by atoms with van der Waals surface area (Å²) < 4.78 is 15.5. The third kappa shape index (κ3) is 4.42. The van der Waals surface area contributed by atoms with E-state index in [1.807, 2.05) is 0 Å². The van der Waals surface area contributed by atoms with Gasteiger partial charge in [-0.1, -0.05) is 6.07 Å². The number of amides is 1. The van der Waals surface area contributed by atoms with Gasteiger partial charge in [-0.05, 0) is 42.0 Å². The van der Waals surface area contributed by atoms with E-state index in [0.717, 1.165) is 0 Å². The van der Waals surface area contributed by atoms with Crippen LogP contribution in [0, 0.1) is 0 Å². The molecule has 0 spiro atoms. The highest BCUT2D eigenvalue weighted by atomic mass is 16.5. The minimum atomic E-state index is -0.841. The van der Waals surface area contributed by atoms with Crippen molar-refractivity contribution in [3.05, 3.63) is 53.6 Å². The molecule has 0 saturated carbocycles. The fourth-order valence-corrected chi connectivity index (χ4v) is 2.46. The van der Waals surface area contributed by atoms with Crippen molar-refractivity contribution < 1.29 is 24.1 Å². The molecule has 0 bridgehead atoms. The van der Waals surface area contributed by atoms with Crippen LogP contribution in [0.25, 0.3) is 0 Å². The highest BCUT2D eigenvalue weighted by Gasteiger charge is 2.18. The zero-order valence-corrected chi connectivity index (χ0v) is 14.9. The molecule has 2 aromatic rings. The van der Waals surface area contributed by atoms with Crippen molar-refractivity contribution >= 4 is 5.91 Å². The quantitative estimate of drug-likeness (QED) is 0.835. The second-order valence-corrected chi connectivity index (χ2v) is 5.54. The Morgan fingerprint density at radius 2 is 1.64 bits per heavy atom. The van der Waals surface area contributed by atoms with Crippen LogP contribution < -0.4 is 14.2 Å². The number of benzene rings is 2. The van der Waals surface area contributed by atoms with E-state index in [1.54, 1.807) is 63.7 Å². The summed E-state index contributed by atoms with van der Waals surface area (Å²) in [6, 6.07) is 12.0. The summed E-state index contributed by atoms with van der Waals surface area (Å²) in [5.74, 6) is 1.62. The first kappa shape index (κ1) is 18.6. The summed E-state index contributed by atoms with van der Waals surface area (Å²) >= 11 is 0. The fraction of sp³-hybridized carbons (Fsp3) is 0.316. The van der Waals surface area contributed by atoms with E-state index in [0.29, 0.717) is 28.4 Å². The highest BCUT2D eigenvalue weighted by molar-refractivity contribution is 5.94. The summed E-state index contributed by atoms with van der Waals surface area (Å²) in [6.07, 6.45) is -0.841. The van der Waals surface area contributed by atoms with Gasteiger partial charge in [-0.3, -0.25) is 4.79 Å². The maximum absolute atomic E-state index is 12.5. The molecule has 0 radical (unpaired) electrons. The molecule has 25 heavy (non-hydrogen) atoms. The molecule has 6 heteroatoms. The first-order valence-corrected chi connectivity index (χ1v) is 7.79. The minimum Gasteiger partial charge on any atom is -0.497 e. The Bertz CT molecular complexity index is 714. The van der Waals surface area contributed by atoms with Crippen molar-refractivity contribution in [1.82, 2.24) is 4.90 Å². The Morgan fingerprint density at radius 3 is 2.20 bits per heavy atom. The number of nitrogens with zero attached hydrogens (tertiary/aromatic N) is 1. The topological polar surface area (TPSA) is 68.2 Å². The molecule has 2 rings (SSSR count). The fourth-order valence-electron chi connectivity index (χ4n) is 2.46. The Labute approximate surface area is 147 Å². The number of likely N-dealkylation sites (N-methyl/N-ethyl adjacent to an activating group) is 1. The number of carbonyl (C=O) groups is 1. The third-order valence-electron chi connectivity index (χ3n) is 3.92. The Kier molecular flexibility index (Phi) is 6.25. The number of ether oxygens (including phenoxy) is 3. The van der Waals surface area contributed by atoms with Gasteiger partial charge in [0, 0.05) is 12.6 Å². The van der Waals surface area contributed by atoms with E-state index in [1.165, 1.54) is 12.0 Å². The molecule has 0 aliphatic heterocycles. The molecule has 0 saturated heterocycles. The standard InChI is InChI=1S/C19H23NO5/c1-20(19(22)13-5-8-15(23-2)9-6-13)12-16(21)14-7-10-17(24-3)18(11-14)25-4/h5-11,16,21H,12H2,1-4H3. The molecule has 1 unspecified atom stereocenters. The van der Waals surface area contributed by atoms with Crippen molar-refractivity contribution in [2.24, 2.45) is 0 Å². The first-order valence-electron chi connectivity index (χ1n) is 7.79. The lowest BCUT2D eigenvalue weighted by atomic mass is 10.1.